The molecule has 0 aromatic rings. The summed E-state index contributed by atoms with van der Waals surface area (Å²) in [5.41, 5.74) is 0. The van der Waals surface area contributed by atoms with Gasteiger partial charge in [-0.2, -0.15) is 10.1 Å². The highest BCUT2D eigenvalue weighted by Gasteiger charge is 2.31. The largest absolute Gasteiger partial charge is 0.209 e. The van der Waals surface area contributed by atoms with E-state index in [4.69, 9.17) is 0 Å². The summed E-state index contributed by atoms with van der Waals surface area (Å²) < 4.78 is 0. The average molecular weight is 113 g/mol. The quantitative estimate of drug-likeness (QED) is 0.383. The van der Waals surface area contributed by atoms with E-state index in [9.17, 15) is 0 Å². The minimum absolute atomic E-state index is 0.570. The highest BCUT2D eigenvalue weighted by atomic mass is 15.9. The van der Waals surface area contributed by atoms with E-state index in [2.05, 4.69) is 30.7 Å². The van der Waals surface area contributed by atoms with Gasteiger partial charge in [-0.3, -0.25) is 0 Å². The van der Waals surface area contributed by atoms with Crippen molar-refractivity contribution in [3.05, 3.63) is 0 Å². The molecule has 3 nitrogen and oxygen atoms in total. The van der Waals surface area contributed by atoms with E-state index in [-0.39, 0.29) is 0 Å². The van der Waals surface area contributed by atoms with E-state index in [1.807, 2.05) is 5.12 Å². The molecule has 1 unspecified atom stereocenters. The fraction of sp³-hybridized carbons (Fsp3) is 0.800. The van der Waals surface area contributed by atoms with E-state index >= 15 is 0 Å². The number of hydrazone groups is 1. The third kappa shape index (κ3) is 0.816. The Kier molecular flexibility index (Phi) is 1.21. The van der Waals surface area contributed by atoms with Crippen molar-refractivity contribution < 1.29 is 0 Å². The van der Waals surface area contributed by atoms with Gasteiger partial charge in [0.2, 0.25) is 0 Å². The Bertz CT molecular complexity index is 99.8. The van der Waals surface area contributed by atoms with Gasteiger partial charge in [0, 0.05) is 12.8 Å². The Morgan fingerprint density at radius 3 is 2.38 bits per heavy atom. The minimum Gasteiger partial charge on any atom is -0.209 e. The molecule has 1 rings (SSSR count). The first kappa shape index (κ1) is 5.56. The average Bonchev–Trinajstić information content (AvgIpc) is 2.42. The van der Waals surface area contributed by atoms with Crippen LogP contribution in [0.2, 0.25) is 0 Å². The summed E-state index contributed by atoms with van der Waals surface area (Å²) in [6.45, 7) is 8.60. The van der Waals surface area contributed by atoms with Crippen LogP contribution in [0.3, 0.4) is 0 Å². The Labute approximate surface area is 49.5 Å². The lowest BCUT2D eigenvalue weighted by atomic mass is 10.4. The number of rotatable bonds is 2. The predicted octanol–water partition coefficient (Wildman–Crippen LogP) is 0.500. The minimum atomic E-state index is 0.570. The maximum atomic E-state index is 3.71. The van der Waals surface area contributed by atoms with Gasteiger partial charge in [-0.25, -0.2) is 5.12 Å². The van der Waals surface area contributed by atoms with Crippen LogP contribution in [0.4, 0.5) is 0 Å². The summed E-state index contributed by atoms with van der Waals surface area (Å²) >= 11 is 0. The first-order valence-corrected chi connectivity index (χ1v) is 2.76. The Morgan fingerprint density at radius 1 is 1.62 bits per heavy atom. The first-order valence-electron chi connectivity index (χ1n) is 2.76. The second-order valence-corrected chi connectivity index (χ2v) is 2.19. The summed E-state index contributed by atoms with van der Waals surface area (Å²) in [7, 11) is 0. The number of hydrazine groups is 1. The first-order chi connectivity index (χ1) is 3.75. The molecule has 0 N–H and O–H groups in total. The topological polar surface area (TPSA) is 18.4 Å². The van der Waals surface area contributed by atoms with Gasteiger partial charge in [0.1, 0.15) is 6.67 Å². The van der Waals surface area contributed by atoms with E-state index in [1.54, 1.807) is 0 Å². The molecule has 0 aliphatic carbocycles. The smallest absolute Gasteiger partial charge is 0.125 e. The molecule has 1 atom stereocenters. The summed E-state index contributed by atoms with van der Waals surface area (Å²) in [5, 5.41) is 7.67. The molecule has 1 saturated heterocycles. The lowest BCUT2D eigenvalue weighted by Crippen LogP contribution is -2.11. The van der Waals surface area contributed by atoms with E-state index < -0.39 is 0 Å². The van der Waals surface area contributed by atoms with Crippen molar-refractivity contribution in [2.45, 2.75) is 19.9 Å². The van der Waals surface area contributed by atoms with Crippen LogP contribution in [0, 0.1) is 0 Å². The number of nitrogens with zero attached hydrogens (tertiary/aromatic N) is 3. The SMILES string of the molecule is C=NN1CN1C(C)C. The molecule has 0 aromatic heterocycles. The van der Waals surface area contributed by atoms with Gasteiger partial charge >= 0.3 is 0 Å². The zero-order chi connectivity index (χ0) is 6.15. The second-order valence-electron chi connectivity index (χ2n) is 2.19. The van der Waals surface area contributed by atoms with Crippen molar-refractivity contribution in [1.82, 2.24) is 10.1 Å². The van der Waals surface area contributed by atoms with Crippen molar-refractivity contribution in [2.75, 3.05) is 6.67 Å². The zero-order valence-corrected chi connectivity index (χ0v) is 5.33. The molecule has 0 bridgehead atoms. The predicted molar refractivity (Wildman–Crippen MR) is 33.2 cm³/mol. The lowest BCUT2D eigenvalue weighted by Gasteiger charge is -2.02. The zero-order valence-electron chi connectivity index (χ0n) is 5.33. The highest BCUT2D eigenvalue weighted by Crippen LogP contribution is 2.17. The van der Waals surface area contributed by atoms with Crippen LogP contribution < -0.4 is 0 Å². The Balaban J connectivity index is 2.26. The van der Waals surface area contributed by atoms with Crippen molar-refractivity contribution in [3.8, 4) is 0 Å². The number of hydrogen-bond donors (Lipinski definition) is 0. The van der Waals surface area contributed by atoms with Crippen LogP contribution in [-0.2, 0) is 0 Å². The summed E-state index contributed by atoms with van der Waals surface area (Å²) in [6.07, 6.45) is 0. The number of hydrogen-bond acceptors (Lipinski definition) is 3. The van der Waals surface area contributed by atoms with Gasteiger partial charge in [0.25, 0.3) is 0 Å². The van der Waals surface area contributed by atoms with Crippen molar-refractivity contribution in [1.29, 1.82) is 0 Å². The molecule has 0 saturated carbocycles. The fourth-order valence-electron chi connectivity index (χ4n) is 0.657. The normalized spacial score (nSPS) is 26.4. The molecule has 1 aliphatic heterocycles. The molecule has 1 aliphatic rings. The molecule has 0 spiro atoms. The monoisotopic (exact) mass is 113 g/mol. The second kappa shape index (κ2) is 1.74. The van der Waals surface area contributed by atoms with E-state index in [0.717, 1.165) is 6.67 Å². The van der Waals surface area contributed by atoms with Gasteiger partial charge in [0.05, 0.1) is 0 Å². The van der Waals surface area contributed by atoms with Crippen LogP contribution in [0.5, 0.6) is 0 Å². The molecule has 0 amide bonds. The van der Waals surface area contributed by atoms with Gasteiger partial charge in [-0.15, -0.1) is 0 Å². The van der Waals surface area contributed by atoms with Gasteiger partial charge in [-0.05, 0) is 13.8 Å². The summed E-state index contributed by atoms with van der Waals surface area (Å²) in [4.78, 5) is 0. The Morgan fingerprint density at radius 2 is 2.25 bits per heavy atom. The fourth-order valence-corrected chi connectivity index (χ4v) is 0.657. The van der Waals surface area contributed by atoms with Crippen LogP contribution in [-0.4, -0.2) is 29.6 Å². The maximum absolute atomic E-state index is 3.71. The molecule has 46 valence electrons. The highest BCUT2D eigenvalue weighted by molar-refractivity contribution is 5.22. The molecule has 1 fully saturated rings. The lowest BCUT2D eigenvalue weighted by molar-refractivity contribution is 0.272. The van der Waals surface area contributed by atoms with Crippen LogP contribution in [0.1, 0.15) is 13.8 Å². The van der Waals surface area contributed by atoms with Crippen LogP contribution >= 0.6 is 0 Å². The van der Waals surface area contributed by atoms with Crippen molar-refractivity contribution in [3.63, 3.8) is 0 Å². The van der Waals surface area contributed by atoms with Gasteiger partial charge in [-0.1, -0.05) is 0 Å². The van der Waals surface area contributed by atoms with Crippen LogP contribution in [0.15, 0.2) is 5.10 Å². The summed E-state index contributed by atoms with van der Waals surface area (Å²) in [5.74, 6) is 0. The third-order valence-corrected chi connectivity index (χ3v) is 1.24. The van der Waals surface area contributed by atoms with E-state index in [0.29, 0.717) is 6.04 Å². The standard InChI is InChI=1S/C5H11N3/c1-5(2)7-4-8(7)6-3/h5H,3-4H2,1-2H3. The molecular formula is C5H11N3. The van der Waals surface area contributed by atoms with E-state index in [1.165, 1.54) is 0 Å². The van der Waals surface area contributed by atoms with Crippen molar-refractivity contribution >= 4 is 6.72 Å². The molecule has 3 heteroatoms. The van der Waals surface area contributed by atoms with Gasteiger partial charge < -0.3 is 0 Å². The molecular weight excluding hydrogens is 102 g/mol. The Hall–Kier alpha value is -0.570. The molecule has 1 heterocycles. The third-order valence-electron chi connectivity index (χ3n) is 1.24. The molecule has 0 aromatic carbocycles. The molecule has 0 radical (unpaired) electrons. The van der Waals surface area contributed by atoms with Crippen LogP contribution in [0.25, 0.3) is 0 Å². The maximum Gasteiger partial charge on any atom is 0.125 e. The summed E-state index contributed by atoms with van der Waals surface area (Å²) in [6, 6.07) is 0.570. The van der Waals surface area contributed by atoms with Crippen molar-refractivity contribution in [2.24, 2.45) is 5.10 Å². The molecule has 8 heavy (non-hydrogen) atoms. The van der Waals surface area contributed by atoms with Gasteiger partial charge in [0.15, 0.2) is 0 Å².